The van der Waals surface area contributed by atoms with Gasteiger partial charge in [0, 0.05) is 46.2 Å². The number of rotatable bonds is 13. The van der Waals surface area contributed by atoms with Gasteiger partial charge in [-0.1, -0.05) is 61.5 Å². The van der Waals surface area contributed by atoms with Gasteiger partial charge >= 0.3 is 18.2 Å². The molecule has 13 nitrogen and oxygen atoms in total. The van der Waals surface area contributed by atoms with Gasteiger partial charge in [0.05, 0.1) is 12.1 Å². The van der Waals surface area contributed by atoms with Crippen molar-refractivity contribution in [2.45, 2.75) is 105 Å². The number of urea groups is 2. The fourth-order valence-corrected chi connectivity index (χ4v) is 7.06. The van der Waals surface area contributed by atoms with Crippen LogP contribution in [0.15, 0.2) is 12.7 Å². The highest BCUT2D eigenvalue weighted by molar-refractivity contribution is 6.38. The topological polar surface area (TPSA) is 160 Å². The van der Waals surface area contributed by atoms with Crippen LogP contribution in [0.25, 0.3) is 0 Å². The summed E-state index contributed by atoms with van der Waals surface area (Å²) in [6.45, 7) is 19.8. The van der Waals surface area contributed by atoms with Crippen LogP contribution in [0.1, 0.15) is 74.7 Å². The van der Waals surface area contributed by atoms with E-state index in [9.17, 15) is 41.9 Å². The van der Waals surface area contributed by atoms with Gasteiger partial charge in [0.1, 0.15) is 12.1 Å². The number of nitrogens with zero attached hydrogens (tertiary/aromatic N) is 3. The number of likely N-dealkylation sites (tertiary alicyclic amines) is 1. The number of amides is 7. The fourth-order valence-electron chi connectivity index (χ4n) is 7.06. The van der Waals surface area contributed by atoms with E-state index in [2.05, 4.69) is 27.8 Å². The van der Waals surface area contributed by atoms with Crippen LogP contribution < -0.4 is 21.3 Å². The van der Waals surface area contributed by atoms with Gasteiger partial charge in [-0.25, -0.2) is 9.59 Å². The second-order valence-electron chi connectivity index (χ2n) is 16.8. The number of fused-ring (bicyclic) bond motifs is 1. The van der Waals surface area contributed by atoms with Crippen molar-refractivity contribution in [3.8, 4) is 0 Å². The van der Waals surface area contributed by atoms with Crippen LogP contribution in [0.4, 0.5) is 22.8 Å². The Bertz CT molecular complexity index is 1370. The molecule has 3 fully saturated rings. The van der Waals surface area contributed by atoms with Gasteiger partial charge in [0.25, 0.3) is 5.91 Å². The smallest absolute Gasteiger partial charge is 0.346 e. The van der Waals surface area contributed by atoms with E-state index in [1.54, 1.807) is 37.6 Å². The van der Waals surface area contributed by atoms with Gasteiger partial charge in [-0.15, -0.1) is 6.58 Å². The van der Waals surface area contributed by atoms with Gasteiger partial charge in [-0.3, -0.25) is 19.2 Å². The number of hydrogen-bond donors (Lipinski definition) is 4. The molecule has 288 valence electrons. The summed E-state index contributed by atoms with van der Waals surface area (Å²) < 4.78 is 39.6. The highest BCUT2D eigenvalue weighted by Crippen LogP contribution is 2.65. The molecule has 0 bridgehead atoms. The zero-order chi connectivity index (χ0) is 38.9. The van der Waals surface area contributed by atoms with Gasteiger partial charge in [-0.2, -0.15) is 13.2 Å². The highest BCUT2D eigenvalue weighted by Gasteiger charge is 2.70. The number of piperidine rings is 1. The number of carbonyl (C=O) groups excluding carboxylic acids is 6. The minimum absolute atomic E-state index is 0.105. The van der Waals surface area contributed by atoms with Crippen molar-refractivity contribution in [3.63, 3.8) is 0 Å². The Morgan fingerprint density at radius 1 is 0.980 bits per heavy atom. The molecule has 16 heteroatoms. The molecule has 51 heavy (non-hydrogen) atoms. The lowest BCUT2D eigenvalue weighted by molar-refractivity contribution is -0.148. The van der Waals surface area contributed by atoms with E-state index < -0.39 is 83.6 Å². The Morgan fingerprint density at radius 3 is 2.16 bits per heavy atom. The van der Waals surface area contributed by atoms with E-state index in [-0.39, 0.29) is 42.9 Å². The van der Waals surface area contributed by atoms with E-state index >= 15 is 0 Å². The predicted molar refractivity (Wildman–Crippen MR) is 184 cm³/mol. The van der Waals surface area contributed by atoms with Crippen molar-refractivity contribution in [1.29, 1.82) is 0 Å². The predicted octanol–water partition coefficient (Wildman–Crippen LogP) is 3.05. The van der Waals surface area contributed by atoms with Crippen molar-refractivity contribution in [2.75, 3.05) is 39.8 Å². The number of nitrogens with one attached hydrogen (secondary N) is 4. The number of alkyl halides is 3. The van der Waals surface area contributed by atoms with E-state index in [0.717, 1.165) is 6.42 Å². The van der Waals surface area contributed by atoms with Gasteiger partial charge in [0.15, 0.2) is 0 Å². The Balaban J connectivity index is 1.84. The summed E-state index contributed by atoms with van der Waals surface area (Å²) in [5, 5.41) is 10.4. The summed E-state index contributed by atoms with van der Waals surface area (Å²) in [5.41, 5.74) is -1.70. The lowest BCUT2D eigenvalue weighted by atomic mass is 9.84. The molecule has 2 aliphatic heterocycles. The lowest BCUT2D eigenvalue weighted by Crippen LogP contribution is -2.63. The third-order valence-electron chi connectivity index (χ3n) is 10.4. The van der Waals surface area contributed by atoms with E-state index in [0.29, 0.717) is 13.1 Å². The maximum Gasteiger partial charge on any atom is 0.389 e. The molecule has 6 atom stereocenters. The fraction of sp³-hybridized carbons (Fsp3) is 0.771. The molecule has 3 rings (SSSR count). The number of Topliss-reactive ketones (excluding diaryl/α,β-unsaturated/α-hetero) is 1. The van der Waals surface area contributed by atoms with E-state index in [4.69, 9.17) is 0 Å². The maximum atomic E-state index is 14.4. The average molecular weight is 728 g/mol. The Morgan fingerprint density at radius 2 is 1.61 bits per heavy atom. The monoisotopic (exact) mass is 727 g/mol. The lowest BCUT2D eigenvalue weighted by Gasteiger charge is -2.41. The minimum atomic E-state index is -4.66. The van der Waals surface area contributed by atoms with Crippen LogP contribution in [0, 0.1) is 28.1 Å². The summed E-state index contributed by atoms with van der Waals surface area (Å²) in [7, 11) is 1.72. The molecular weight excluding hydrogens is 671 g/mol. The molecule has 0 spiro atoms. The molecule has 3 aliphatic rings. The van der Waals surface area contributed by atoms with Gasteiger partial charge < -0.3 is 36.0 Å². The SMILES string of the molecule is C=CCNC(=O)C(=O)C(CCC(F)(F)F)NC(=O)[C@@H]1[C@@H]2C(CN1C(=O)[C@@H](NC(=O)N[C@H](CN1CCCN(C)C1=O)C(C)(C)C)C(C)(C)C)C2(C)C. The molecule has 2 saturated heterocycles. The van der Waals surface area contributed by atoms with Crippen LogP contribution in [-0.2, 0) is 19.2 Å². The Hall–Kier alpha value is -3.85. The number of ketones is 1. The molecule has 1 aliphatic carbocycles. The number of hydrogen-bond acceptors (Lipinski definition) is 6. The van der Waals surface area contributed by atoms with Crippen molar-refractivity contribution in [3.05, 3.63) is 12.7 Å². The van der Waals surface area contributed by atoms with Crippen LogP contribution in [-0.4, -0.2) is 120 Å². The first-order valence-corrected chi connectivity index (χ1v) is 17.5. The van der Waals surface area contributed by atoms with E-state index in [1.807, 2.05) is 34.6 Å². The van der Waals surface area contributed by atoms with Gasteiger partial charge in [0.2, 0.25) is 17.6 Å². The standard InChI is InChI=1S/C35H56F3N7O6/c1-11-15-39-28(48)25(46)21(13-14-35(36,37)38)40-27(47)24-23-20(34(23,8)9)18-45(24)29(49)26(33(5,6)7)42-30(50)41-22(32(2,3)4)19-44-17-12-16-43(10)31(44)51/h11,20-24,26H,1,12-19H2,2-10H3,(H,39,48)(H,40,47)(H2,41,42,50)/t20?,21?,22-,23+,24+,26-/m1/s1. The molecule has 0 aromatic heterocycles. The zero-order valence-electron chi connectivity index (χ0n) is 31.3. The van der Waals surface area contributed by atoms with Crippen molar-refractivity contribution < 1.29 is 41.9 Å². The van der Waals surface area contributed by atoms with Gasteiger partial charge in [-0.05, 0) is 40.9 Å². The van der Waals surface area contributed by atoms with Crippen LogP contribution in [0.3, 0.4) is 0 Å². The molecule has 1 saturated carbocycles. The van der Waals surface area contributed by atoms with Crippen molar-refractivity contribution >= 4 is 35.6 Å². The summed E-state index contributed by atoms with van der Waals surface area (Å²) in [5.74, 6) is -4.30. The summed E-state index contributed by atoms with van der Waals surface area (Å²) >= 11 is 0. The third-order valence-corrected chi connectivity index (χ3v) is 10.4. The Kier molecular flexibility index (Phi) is 12.6. The zero-order valence-corrected chi connectivity index (χ0v) is 31.3. The van der Waals surface area contributed by atoms with Crippen molar-refractivity contribution in [1.82, 2.24) is 36.0 Å². The highest BCUT2D eigenvalue weighted by atomic mass is 19.4. The molecule has 7 amide bonds. The maximum absolute atomic E-state index is 14.4. The molecule has 4 N–H and O–H groups in total. The molecule has 0 aromatic carbocycles. The number of carbonyl (C=O) groups is 6. The first-order valence-electron chi connectivity index (χ1n) is 17.5. The number of halogens is 3. The molecule has 2 heterocycles. The normalized spacial score (nSPS) is 23.4. The second kappa shape index (κ2) is 15.4. The summed E-state index contributed by atoms with van der Waals surface area (Å²) in [4.78, 5) is 84.7. The largest absolute Gasteiger partial charge is 0.389 e. The van der Waals surface area contributed by atoms with Crippen LogP contribution in [0.2, 0.25) is 0 Å². The molecule has 2 unspecified atom stereocenters. The minimum Gasteiger partial charge on any atom is -0.346 e. The molecule has 0 radical (unpaired) electrons. The quantitative estimate of drug-likeness (QED) is 0.169. The first-order chi connectivity index (χ1) is 23.3. The summed E-state index contributed by atoms with van der Waals surface area (Å²) in [6, 6.07) is -5.35. The molecular formula is C35H56F3N7O6. The third kappa shape index (κ3) is 10.1. The van der Waals surface area contributed by atoms with Crippen LogP contribution in [0.5, 0.6) is 0 Å². The van der Waals surface area contributed by atoms with Crippen LogP contribution >= 0.6 is 0 Å². The summed E-state index contributed by atoms with van der Waals surface area (Å²) in [6.07, 6.45) is -4.86. The van der Waals surface area contributed by atoms with Crippen molar-refractivity contribution in [2.24, 2.45) is 28.1 Å². The first kappa shape index (κ1) is 41.6. The van der Waals surface area contributed by atoms with E-state index in [1.165, 1.54) is 11.0 Å². The molecule has 0 aromatic rings. The second-order valence-corrected chi connectivity index (χ2v) is 16.8. The average Bonchev–Trinajstić information content (AvgIpc) is 3.31. The Labute approximate surface area is 298 Å².